The van der Waals surface area contributed by atoms with Gasteiger partial charge in [-0.15, -0.1) is 0 Å². The van der Waals surface area contributed by atoms with Crippen LogP contribution in [0.25, 0.3) is 43.9 Å². The molecule has 1 unspecified atom stereocenters. The lowest BCUT2D eigenvalue weighted by Gasteiger charge is -2.35. The van der Waals surface area contributed by atoms with E-state index < -0.39 is 6.10 Å². The highest BCUT2D eigenvalue weighted by atomic mass is 19.1. The van der Waals surface area contributed by atoms with Crippen molar-refractivity contribution in [3.8, 4) is 0 Å². The Morgan fingerprint density at radius 2 is 1.25 bits per heavy atom. The number of aromatic nitrogens is 10. The quantitative estimate of drug-likeness (QED) is 0.0770. The molecule has 0 amide bonds. The number of rotatable bonds is 11. The molecule has 7 N–H and O–H groups in total. The first-order valence-corrected chi connectivity index (χ1v) is 22.1. The fourth-order valence-corrected chi connectivity index (χ4v) is 8.66. The van der Waals surface area contributed by atoms with Crippen LogP contribution in [0.15, 0.2) is 128 Å². The van der Waals surface area contributed by atoms with Crippen molar-refractivity contribution in [2.24, 2.45) is 0 Å². The van der Waals surface area contributed by atoms with Crippen molar-refractivity contribution < 1.29 is 28.2 Å². The maximum absolute atomic E-state index is 13.9. The highest BCUT2D eigenvalue weighted by Gasteiger charge is 2.36. The summed E-state index contributed by atoms with van der Waals surface area (Å²) < 4.78 is 41.9. The minimum absolute atomic E-state index is 0.0685. The lowest BCUT2D eigenvalue weighted by atomic mass is 9.89. The molecule has 0 bridgehead atoms. The van der Waals surface area contributed by atoms with Crippen LogP contribution >= 0.6 is 0 Å². The lowest BCUT2D eigenvalue weighted by molar-refractivity contribution is -0.0377. The molecular formula is C50H46F2N12O4. The third kappa shape index (κ3) is 8.99. The second kappa shape index (κ2) is 19.1. The minimum atomic E-state index is -1.13. The molecule has 344 valence electrons. The van der Waals surface area contributed by atoms with E-state index in [9.17, 15) is 18.7 Å². The van der Waals surface area contributed by atoms with Crippen LogP contribution in [-0.4, -0.2) is 73.1 Å². The van der Waals surface area contributed by atoms with Gasteiger partial charge in [0, 0.05) is 39.8 Å². The Morgan fingerprint density at radius 1 is 0.691 bits per heavy atom. The number of ether oxygens (including phenoxy) is 2. The molecule has 0 aliphatic heterocycles. The number of hydrogen-bond donors (Lipinski definition) is 5. The molecule has 68 heavy (non-hydrogen) atoms. The number of halogens is 2. The van der Waals surface area contributed by atoms with Gasteiger partial charge in [-0.25, -0.2) is 38.1 Å². The third-order valence-corrected chi connectivity index (χ3v) is 12.4. The van der Waals surface area contributed by atoms with Gasteiger partial charge in [-0.1, -0.05) is 60.7 Å². The first-order valence-electron chi connectivity index (χ1n) is 22.1. The number of aromatic amines is 2. The molecule has 6 heterocycles. The molecule has 0 saturated heterocycles. The number of anilines is 2. The van der Waals surface area contributed by atoms with Gasteiger partial charge in [-0.3, -0.25) is 4.79 Å². The van der Waals surface area contributed by atoms with E-state index >= 15 is 0 Å². The van der Waals surface area contributed by atoms with Crippen molar-refractivity contribution >= 4 is 61.8 Å². The number of carbonyl (C=O) groups is 1. The van der Waals surface area contributed by atoms with Gasteiger partial charge in [0.2, 0.25) is 0 Å². The number of aldehydes is 1. The maximum Gasteiger partial charge on any atom is 0.171 e. The van der Waals surface area contributed by atoms with Crippen molar-refractivity contribution in [1.82, 2.24) is 49.5 Å². The first-order chi connectivity index (χ1) is 33.2. The minimum Gasteiger partial charge on any atom is -0.383 e. The predicted octanol–water partition coefficient (Wildman–Crippen LogP) is 8.48. The Morgan fingerprint density at radius 3 is 1.87 bits per heavy atom. The molecular weight excluding hydrogens is 871 g/mol. The van der Waals surface area contributed by atoms with Crippen molar-refractivity contribution in [2.45, 2.75) is 69.3 Å². The van der Waals surface area contributed by atoms with Crippen LogP contribution in [-0.2, 0) is 22.7 Å². The van der Waals surface area contributed by atoms with Gasteiger partial charge >= 0.3 is 0 Å². The number of nitrogens with two attached hydrogens (primary N) is 2. The molecule has 4 aromatic carbocycles. The van der Waals surface area contributed by atoms with E-state index in [1.54, 1.807) is 29.2 Å². The molecule has 2 fully saturated rings. The average molecular weight is 917 g/mol. The van der Waals surface area contributed by atoms with E-state index in [-0.39, 0.29) is 53.3 Å². The van der Waals surface area contributed by atoms with E-state index in [0.717, 1.165) is 53.2 Å². The zero-order chi connectivity index (χ0) is 46.7. The van der Waals surface area contributed by atoms with Crippen molar-refractivity contribution in [2.75, 3.05) is 11.5 Å². The molecule has 1 atom stereocenters. The molecule has 0 spiro atoms. The summed E-state index contributed by atoms with van der Waals surface area (Å²) in [6.45, 7) is 1.17. The van der Waals surface area contributed by atoms with Crippen LogP contribution in [0.5, 0.6) is 0 Å². The Bertz CT molecular complexity index is 3350. The SMILES string of the molecule is Fc1ccc2[nH]ccc2c1.Nc1ncnc2c1c(C(O)c1c[nH]c3ccc(F)cc13)nn2C1CC(OCc2ccccc2)C1.Nc1ncnc2c1c(C=O)nn2C1CC(OCc2ccccc2)C1. The molecule has 18 heteroatoms. The van der Waals surface area contributed by atoms with Crippen molar-refractivity contribution in [3.05, 3.63) is 168 Å². The number of aliphatic hydroxyl groups excluding tert-OH is 1. The lowest BCUT2D eigenvalue weighted by Crippen LogP contribution is -2.34. The molecule has 12 rings (SSSR count). The van der Waals surface area contributed by atoms with E-state index in [4.69, 9.17) is 26.0 Å². The van der Waals surface area contributed by atoms with E-state index in [1.807, 2.05) is 71.4 Å². The number of nitrogens with one attached hydrogen (secondary N) is 2. The Labute approximate surface area is 387 Å². The fourth-order valence-electron chi connectivity index (χ4n) is 8.66. The summed E-state index contributed by atoms with van der Waals surface area (Å²) in [6.07, 6.45) is 9.36. The third-order valence-electron chi connectivity index (χ3n) is 12.4. The first kappa shape index (κ1) is 43.9. The molecule has 16 nitrogen and oxygen atoms in total. The number of carbonyl (C=O) groups excluding carboxylic acids is 1. The Hall–Kier alpha value is -7.93. The fraction of sp³-hybridized carbons (Fsp3) is 0.220. The number of H-pyrrole nitrogens is 2. The van der Waals surface area contributed by atoms with Crippen molar-refractivity contribution in [3.63, 3.8) is 0 Å². The van der Waals surface area contributed by atoms with Crippen LogP contribution in [0.3, 0.4) is 0 Å². The number of fused-ring (bicyclic) bond motifs is 4. The average Bonchev–Trinajstić information content (AvgIpc) is 4.14. The largest absolute Gasteiger partial charge is 0.383 e. The van der Waals surface area contributed by atoms with Gasteiger partial charge in [0.05, 0.1) is 48.3 Å². The smallest absolute Gasteiger partial charge is 0.171 e. The van der Waals surface area contributed by atoms with Gasteiger partial charge in [-0.05, 0) is 79.3 Å². The highest BCUT2D eigenvalue weighted by Crippen LogP contribution is 2.41. The summed E-state index contributed by atoms with van der Waals surface area (Å²) in [6, 6.07) is 31.3. The van der Waals surface area contributed by atoms with Crippen LogP contribution in [0.4, 0.5) is 20.4 Å². The summed E-state index contributed by atoms with van der Waals surface area (Å²) in [7, 11) is 0. The predicted molar refractivity (Wildman–Crippen MR) is 252 cm³/mol. The Balaban J connectivity index is 0.000000137. The second-order valence-electron chi connectivity index (χ2n) is 16.8. The molecule has 2 aliphatic carbocycles. The number of hydrogen-bond acceptors (Lipinski definition) is 12. The van der Waals surface area contributed by atoms with E-state index in [2.05, 4.69) is 35.0 Å². The van der Waals surface area contributed by atoms with Crippen LogP contribution in [0, 0.1) is 11.6 Å². The van der Waals surface area contributed by atoms with Gasteiger partial charge in [-0.2, -0.15) is 10.2 Å². The number of nitrogen functional groups attached to an aromatic ring is 2. The molecule has 0 radical (unpaired) electrons. The standard InChI is InChI=1S/C25H23FN6O2.C17H17N5O2.C8H6FN/c26-15-6-7-20-18(8-15)19(11-28-20)23(33)22-21-24(27)29-13-30-25(21)32(31-22)16-9-17(10-16)34-12-14-4-2-1-3-5-14;18-16-15-14(8-23)21-22(17(15)20-10-19-16)12-6-13(7-12)24-9-11-4-2-1-3-5-11;9-7-1-2-8-6(5-7)3-4-10-8/h1-8,11,13,16-17,23,28,33H,9-10,12H2,(H2,27,29,30);1-5,8,10,12-13H,6-7,9H2,(H2,18,19,20);1-5,10H. The normalized spacial score (nSPS) is 18.0. The second-order valence-corrected chi connectivity index (χ2v) is 16.8. The molecule has 2 saturated carbocycles. The maximum atomic E-state index is 13.9. The Kier molecular flexibility index (Phi) is 12.4. The van der Waals surface area contributed by atoms with Crippen LogP contribution in [0.1, 0.15) is 76.7 Å². The topological polar surface area (TPSA) is 227 Å². The zero-order valence-electron chi connectivity index (χ0n) is 36.5. The number of nitrogens with zero attached hydrogens (tertiary/aromatic N) is 8. The van der Waals surface area contributed by atoms with E-state index in [0.29, 0.717) is 58.2 Å². The molecule has 6 aromatic heterocycles. The van der Waals surface area contributed by atoms with Gasteiger partial charge < -0.3 is 36.0 Å². The zero-order valence-corrected chi connectivity index (χ0v) is 36.5. The van der Waals surface area contributed by atoms with E-state index in [1.165, 1.54) is 36.9 Å². The number of aliphatic hydroxyl groups is 1. The number of benzene rings is 4. The monoisotopic (exact) mass is 916 g/mol. The van der Waals surface area contributed by atoms with Gasteiger partial charge in [0.1, 0.15) is 53.4 Å². The summed E-state index contributed by atoms with van der Waals surface area (Å²) in [5, 5.41) is 22.9. The van der Waals surface area contributed by atoms with Crippen LogP contribution in [0.2, 0.25) is 0 Å². The molecule has 10 aromatic rings. The summed E-state index contributed by atoms with van der Waals surface area (Å²) in [5.74, 6) is -0.0426. The highest BCUT2D eigenvalue weighted by molar-refractivity contribution is 5.99. The summed E-state index contributed by atoms with van der Waals surface area (Å²) >= 11 is 0. The van der Waals surface area contributed by atoms with Crippen molar-refractivity contribution in [1.29, 1.82) is 0 Å². The summed E-state index contributed by atoms with van der Waals surface area (Å²) in [5.41, 5.74) is 18.4. The summed E-state index contributed by atoms with van der Waals surface area (Å²) in [4.78, 5) is 34.0. The van der Waals surface area contributed by atoms with Gasteiger partial charge in [0.25, 0.3) is 0 Å². The van der Waals surface area contributed by atoms with Crippen LogP contribution < -0.4 is 11.5 Å². The van der Waals surface area contributed by atoms with Gasteiger partial charge in [0.15, 0.2) is 17.6 Å². The molecule has 2 aliphatic rings.